The lowest BCUT2D eigenvalue weighted by atomic mass is 10.1. The van der Waals surface area contributed by atoms with Crippen molar-refractivity contribution in [2.45, 2.75) is 13.8 Å². The highest BCUT2D eigenvalue weighted by molar-refractivity contribution is 14.0. The first-order valence-corrected chi connectivity index (χ1v) is 7.50. The van der Waals surface area contributed by atoms with Gasteiger partial charge in [-0.1, -0.05) is 17.7 Å². The summed E-state index contributed by atoms with van der Waals surface area (Å²) in [6.07, 6.45) is 0. The van der Waals surface area contributed by atoms with Gasteiger partial charge in [0.05, 0.1) is 0 Å². The Kier molecular flexibility index (Phi) is 7.59. The molecular formula is C15H24ClIN4. The number of nitrogens with one attached hydrogen (secondary N) is 1. The van der Waals surface area contributed by atoms with Gasteiger partial charge in [0.1, 0.15) is 0 Å². The van der Waals surface area contributed by atoms with E-state index >= 15 is 0 Å². The molecule has 1 N–H and O–H groups in total. The van der Waals surface area contributed by atoms with Crippen molar-refractivity contribution in [1.29, 1.82) is 0 Å². The standard InChI is InChI=1S/C15H23ClN4.HI/c1-4-18-15(17-3)20-9-7-19(8-10-20)14-11-13(16)6-5-12(14)2;/h5-6,11H,4,7-10H2,1-3H3,(H,17,18);1H. The fourth-order valence-electron chi connectivity index (χ4n) is 2.57. The minimum absolute atomic E-state index is 0. The molecule has 118 valence electrons. The summed E-state index contributed by atoms with van der Waals surface area (Å²) in [6.45, 7) is 9.07. The first kappa shape index (κ1) is 18.4. The Morgan fingerprint density at radius 1 is 1.29 bits per heavy atom. The molecule has 0 spiro atoms. The molecule has 1 aromatic carbocycles. The van der Waals surface area contributed by atoms with Gasteiger partial charge in [-0.05, 0) is 31.5 Å². The molecule has 21 heavy (non-hydrogen) atoms. The first-order chi connectivity index (χ1) is 9.65. The summed E-state index contributed by atoms with van der Waals surface area (Å²) < 4.78 is 0. The molecule has 0 bridgehead atoms. The summed E-state index contributed by atoms with van der Waals surface area (Å²) in [5, 5.41) is 4.12. The summed E-state index contributed by atoms with van der Waals surface area (Å²) in [5.41, 5.74) is 2.52. The lowest BCUT2D eigenvalue weighted by Crippen LogP contribution is -2.52. The van der Waals surface area contributed by atoms with Crippen molar-refractivity contribution in [2.24, 2.45) is 4.99 Å². The molecule has 0 amide bonds. The number of anilines is 1. The number of nitrogens with zero attached hydrogens (tertiary/aromatic N) is 3. The van der Waals surface area contributed by atoms with Gasteiger partial charge in [-0.25, -0.2) is 0 Å². The van der Waals surface area contributed by atoms with Gasteiger partial charge in [-0.2, -0.15) is 0 Å². The highest BCUT2D eigenvalue weighted by Gasteiger charge is 2.20. The van der Waals surface area contributed by atoms with Gasteiger partial charge in [0.2, 0.25) is 0 Å². The van der Waals surface area contributed by atoms with E-state index in [1.54, 1.807) is 0 Å². The predicted molar refractivity (Wildman–Crippen MR) is 102 cm³/mol. The third kappa shape index (κ3) is 4.64. The molecule has 4 nitrogen and oxygen atoms in total. The highest BCUT2D eigenvalue weighted by atomic mass is 127. The van der Waals surface area contributed by atoms with E-state index in [2.05, 4.69) is 46.1 Å². The lowest BCUT2D eigenvalue weighted by molar-refractivity contribution is 0.373. The molecule has 0 aliphatic carbocycles. The molecule has 0 aromatic heterocycles. The fourth-order valence-corrected chi connectivity index (χ4v) is 2.74. The fraction of sp³-hybridized carbons (Fsp3) is 0.533. The number of hydrogen-bond donors (Lipinski definition) is 1. The van der Waals surface area contributed by atoms with Crippen LogP contribution in [0.3, 0.4) is 0 Å². The smallest absolute Gasteiger partial charge is 0.193 e. The molecule has 1 fully saturated rings. The Hall–Kier alpha value is -0.690. The molecule has 0 unspecified atom stereocenters. The molecule has 1 heterocycles. The lowest BCUT2D eigenvalue weighted by Gasteiger charge is -2.38. The van der Waals surface area contributed by atoms with Crippen LogP contribution in [0.15, 0.2) is 23.2 Å². The summed E-state index contributed by atoms with van der Waals surface area (Å²) in [5.74, 6) is 0.995. The van der Waals surface area contributed by atoms with E-state index < -0.39 is 0 Å². The van der Waals surface area contributed by atoms with Crippen LogP contribution in [0.25, 0.3) is 0 Å². The van der Waals surface area contributed by atoms with Crippen molar-refractivity contribution in [1.82, 2.24) is 10.2 Å². The van der Waals surface area contributed by atoms with Gasteiger partial charge in [0.25, 0.3) is 0 Å². The van der Waals surface area contributed by atoms with Gasteiger partial charge in [-0.15, -0.1) is 24.0 Å². The zero-order valence-corrected chi connectivity index (χ0v) is 16.0. The monoisotopic (exact) mass is 422 g/mol. The summed E-state index contributed by atoms with van der Waals surface area (Å²) in [6, 6.07) is 6.09. The Balaban J connectivity index is 0.00000220. The van der Waals surface area contributed by atoms with Crippen LogP contribution in [0.4, 0.5) is 5.69 Å². The SMILES string of the molecule is CCNC(=NC)N1CCN(c2cc(Cl)ccc2C)CC1.I. The molecule has 0 saturated carbocycles. The number of aryl methyl sites for hydroxylation is 1. The minimum Gasteiger partial charge on any atom is -0.368 e. The van der Waals surface area contributed by atoms with Gasteiger partial charge < -0.3 is 15.1 Å². The predicted octanol–water partition coefficient (Wildman–Crippen LogP) is 2.98. The summed E-state index contributed by atoms with van der Waals surface area (Å²) >= 11 is 6.11. The van der Waals surface area contributed by atoms with E-state index in [0.29, 0.717) is 0 Å². The number of benzene rings is 1. The maximum absolute atomic E-state index is 6.11. The van der Waals surface area contributed by atoms with Crippen molar-refractivity contribution in [3.8, 4) is 0 Å². The third-order valence-electron chi connectivity index (χ3n) is 3.64. The molecule has 2 rings (SSSR count). The van der Waals surface area contributed by atoms with Crippen LogP contribution in [0.2, 0.25) is 5.02 Å². The molecule has 1 aliphatic heterocycles. The van der Waals surface area contributed by atoms with Crippen molar-refractivity contribution in [3.05, 3.63) is 28.8 Å². The van der Waals surface area contributed by atoms with E-state index in [1.165, 1.54) is 11.3 Å². The van der Waals surface area contributed by atoms with Crippen LogP contribution in [-0.2, 0) is 0 Å². The van der Waals surface area contributed by atoms with Gasteiger partial charge in [-0.3, -0.25) is 4.99 Å². The number of aliphatic imine (C=N–C) groups is 1. The van der Waals surface area contributed by atoms with E-state index in [4.69, 9.17) is 11.6 Å². The number of guanidine groups is 1. The van der Waals surface area contributed by atoms with Crippen LogP contribution in [0.1, 0.15) is 12.5 Å². The second-order valence-electron chi connectivity index (χ2n) is 4.98. The van der Waals surface area contributed by atoms with Crippen LogP contribution in [0.5, 0.6) is 0 Å². The minimum atomic E-state index is 0. The van der Waals surface area contributed by atoms with Gasteiger partial charge in [0.15, 0.2) is 5.96 Å². The zero-order chi connectivity index (χ0) is 14.5. The normalized spacial score (nSPS) is 15.7. The average molecular weight is 423 g/mol. The maximum atomic E-state index is 6.11. The maximum Gasteiger partial charge on any atom is 0.193 e. The average Bonchev–Trinajstić information content (AvgIpc) is 2.47. The Labute approximate surface area is 149 Å². The first-order valence-electron chi connectivity index (χ1n) is 7.12. The third-order valence-corrected chi connectivity index (χ3v) is 3.87. The summed E-state index contributed by atoms with van der Waals surface area (Å²) in [4.78, 5) is 9.03. The van der Waals surface area contributed by atoms with E-state index in [-0.39, 0.29) is 24.0 Å². The molecule has 6 heteroatoms. The van der Waals surface area contributed by atoms with Gasteiger partial charge in [0, 0.05) is 50.5 Å². The van der Waals surface area contributed by atoms with Crippen molar-refractivity contribution in [2.75, 3.05) is 44.7 Å². The van der Waals surface area contributed by atoms with E-state index in [1.807, 2.05) is 13.1 Å². The topological polar surface area (TPSA) is 30.9 Å². The number of piperazine rings is 1. The Morgan fingerprint density at radius 2 is 1.95 bits per heavy atom. The van der Waals surface area contributed by atoms with Gasteiger partial charge >= 0.3 is 0 Å². The molecule has 1 aliphatic rings. The molecular weight excluding hydrogens is 399 g/mol. The quantitative estimate of drug-likeness (QED) is 0.452. The van der Waals surface area contributed by atoms with Crippen LogP contribution in [0, 0.1) is 6.92 Å². The van der Waals surface area contributed by atoms with Crippen LogP contribution in [-0.4, -0.2) is 50.6 Å². The Morgan fingerprint density at radius 3 is 2.52 bits per heavy atom. The van der Waals surface area contributed by atoms with E-state index in [9.17, 15) is 0 Å². The largest absolute Gasteiger partial charge is 0.368 e. The molecule has 0 atom stereocenters. The van der Waals surface area contributed by atoms with Crippen molar-refractivity contribution < 1.29 is 0 Å². The number of halogens is 2. The van der Waals surface area contributed by atoms with Crippen molar-refractivity contribution >= 4 is 47.2 Å². The number of hydrogen-bond acceptors (Lipinski definition) is 2. The summed E-state index contributed by atoms with van der Waals surface area (Å²) in [7, 11) is 1.84. The van der Waals surface area contributed by atoms with Crippen LogP contribution < -0.4 is 10.2 Å². The van der Waals surface area contributed by atoms with Crippen LogP contribution >= 0.6 is 35.6 Å². The zero-order valence-electron chi connectivity index (χ0n) is 12.9. The van der Waals surface area contributed by atoms with E-state index in [0.717, 1.165) is 43.7 Å². The molecule has 1 aromatic rings. The van der Waals surface area contributed by atoms with Crippen molar-refractivity contribution in [3.63, 3.8) is 0 Å². The Bertz CT molecular complexity index is 485. The molecule has 0 radical (unpaired) electrons. The molecule has 1 saturated heterocycles. The number of rotatable bonds is 2. The second kappa shape index (κ2) is 8.68. The highest BCUT2D eigenvalue weighted by Crippen LogP contribution is 2.25. The second-order valence-corrected chi connectivity index (χ2v) is 5.42.